The van der Waals surface area contributed by atoms with E-state index in [2.05, 4.69) is 16.9 Å². The third-order valence-electron chi connectivity index (χ3n) is 2.71. The van der Waals surface area contributed by atoms with Gasteiger partial charge in [0.15, 0.2) is 0 Å². The van der Waals surface area contributed by atoms with Crippen molar-refractivity contribution in [2.45, 2.75) is 33.0 Å². The standard InChI is InChI=1S/C17H20N2O5S/c1-5-8-22-16(21)23-10-14-19-12-9-11(6-7-13(12)25-14)18-15(20)24-17(2,3)4/h5-7,9H,1,8,10H2,2-4H3,(H,18,20). The number of aromatic nitrogens is 1. The summed E-state index contributed by atoms with van der Waals surface area (Å²) in [4.78, 5) is 27.5. The number of hydrogen-bond acceptors (Lipinski definition) is 7. The summed E-state index contributed by atoms with van der Waals surface area (Å²) in [5, 5.41) is 3.29. The van der Waals surface area contributed by atoms with E-state index >= 15 is 0 Å². The van der Waals surface area contributed by atoms with Crippen LogP contribution in [0.1, 0.15) is 25.8 Å². The van der Waals surface area contributed by atoms with E-state index < -0.39 is 17.8 Å². The van der Waals surface area contributed by atoms with Crippen LogP contribution in [0.3, 0.4) is 0 Å². The van der Waals surface area contributed by atoms with Gasteiger partial charge in [0.2, 0.25) is 0 Å². The highest BCUT2D eigenvalue weighted by Gasteiger charge is 2.16. The van der Waals surface area contributed by atoms with Crippen LogP contribution < -0.4 is 5.32 Å². The largest absolute Gasteiger partial charge is 0.509 e. The lowest BCUT2D eigenvalue weighted by molar-refractivity contribution is 0.0575. The Morgan fingerprint density at radius 2 is 2.08 bits per heavy atom. The zero-order valence-corrected chi connectivity index (χ0v) is 15.1. The van der Waals surface area contributed by atoms with E-state index in [-0.39, 0.29) is 13.2 Å². The first-order valence-electron chi connectivity index (χ1n) is 7.57. The second-order valence-corrected chi connectivity index (χ2v) is 7.17. The Hall–Kier alpha value is -2.61. The third-order valence-corrected chi connectivity index (χ3v) is 3.72. The van der Waals surface area contributed by atoms with Crippen molar-refractivity contribution in [2.75, 3.05) is 11.9 Å². The van der Waals surface area contributed by atoms with Gasteiger partial charge in [0.25, 0.3) is 0 Å². The number of hydrogen-bond donors (Lipinski definition) is 1. The molecular weight excluding hydrogens is 344 g/mol. The fourth-order valence-electron chi connectivity index (χ4n) is 1.83. The maximum atomic E-state index is 11.8. The molecule has 25 heavy (non-hydrogen) atoms. The number of rotatable bonds is 5. The normalized spacial score (nSPS) is 11.0. The summed E-state index contributed by atoms with van der Waals surface area (Å²) in [6.45, 7) is 8.94. The van der Waals surface area contributed by atoms with Crippen molar-refractivity contribution in [1.82, 2.24) is 4.98 Å². The lowest BCUT2D eigenvalue weighted by Gasteiger charge is -2.19. The van der Waals surface area contributed by atoms with Crippen LogP contribution in [-0.4, -0.2) is 29.4 Å². The average molecular weight is 364 g/mol. The number of amides is 1. The first-order chi connectivity index (χ1) is 11.8. The minimum absolute atomic E-state index is 0.0180. The van der Waals surface area contributed by atoms with Crippen LogP contribution >= 0.6 is 11.3 Å². The predicted molar refractivity (Wildman–Crippen MR) is 95.8 cm³/mol. The van der Waals surface area contributed by atoms with Crippen LogP contribution in [0.2, 0.25) is 0 Å². The number of carbonyl (C=O) groups excluding carboxylic acids is 2. The smallest absolute Gasteiger partial charge is 0.444 e. The highest BCUT2D eigenvalue weighted by Crippen LogP contribution is 2.26. The first kappa shape index (κ1) is 18.7. The van der Waals surface area contributed by atoms with Crippen LogP contribution in [0, 0.1) is 0 Å². The van der Waals surface area contributed by atoms with E-state index in [1.165, 1.54) is 17.4 Å². The molecule has 7 nitrogen and oxygen atoms in total. The quantitative estimate of drug-likeness (QED) is 0.622. The zero-order valence-electron chi connectivity index (χ0n) is 14.3. The van der Waals surface area contributed by atoms with E-state index in [1.807, 2.05) is 6.07 Å². The van der Waals surface area contributed by atoms with E-state index in [1.54, 1.807) is 32.9 Å². The van der Waals surface area contributed by atoms with Gasteiger partial charge in [0.1, 0.15) is 23.8 Å². The Balaban J connectivity index is 2.00. The SMILES string of the molecule is C=CCOC(=O)OCc1nc2cc(NC(=O)OC(C)(C)C)ccc2s1. The molecule has 1 aromatic heterocycles. The summed E-state index contributed by atoms with van der Waals surface area (Å²) >= 11 is 1.39. The third kappa shape index (κ3) is 6.07. The molecule has 0 aliphatic heterocycles. The number of ether oxygens (including phenoxy) is 3. The van der Waals surface area contributed by atoms with Gasteiger partial charge < -0.3 is 14.2 Å². The van der Waals surface area contributed by atoms with E-state index in [4.69, 9.17) is 14.2 Å². The van der Waals surface area contributed by atoms with Crippen LogP contribution in [0.5, 0.6) is 0 Å². The Kier molecular flexibility index (Phi) is 5.97. The second kappa shape index (κ2) is 7.98. The van der Waals surface area contributed by atoms with Gasteiger partial charge in [-0.1, -0.05) is 12.7 Å². The van der Waals surface area contributed by atoms with Crippen molar-refractivity contribution in [1.29, 1.82) is 0 Å². The molecule has 1 amide bonds. The van der Waals surface area contributed by atoms with Crippen LogP contribution in [0.4, 0.5) is 15.3 Å². The summed E-state index contributed by atoms with van der Waals surface area (Å²) in [5.74, 6) is 0. The van der Waals surface area contributed by atoms with E-state index in [9.17, 15) is 9.59 Å². The molecule has 0 unspecified atom stereocenters. The van der Waals surface area contributed by atoms with Crippen molar-refractivity contribution < 1.29 is 23.8 Å². The molecule has 0 saturated carbocycles. The molecule has 0 saturated heterocycles. The van der Waals surface area contributed by atoms with Gasteiger partial charge in [-0.2, -0.15) is 0 Å². The molecule has 0 radical (unpaired) electrons. The number of thiazole rings is 1. The lowest BCUT2D eigenvalue weighted by Crippen LogP contribution is -2.27. The molecule has 0 aliphatic rings. The molecular formula is C17H20N2O5S. The van der Waals surface area contributed by atoms with Gasteiger partial charge in [-0.3, -0.25) is 5.32 Å². The van der Waals surface area contributed by atoms with Crippen molar-refractivity contribution in [2.24, 2.45) is 0 Å². The lowest BCUT2D eigenvalue weighted by atomic mass is 10.2. The molecule has 1 N–H and O–H groups in total. The second-order valence-electron chi connectivity index (χ2n) is 6.06. The van der Waals surface area contributed by atoms with Crippen LogP contribution in [-0.2, 0) is 20.8 Å². The maximum absolute atomic E-state index is 11.8. The summed E-state index contributed by atoms with van der Waals surface area (Å²) in [6, 6.07) is 5.32. The fourth-order valence-corrected chi connectivity index (χ4v) is 2.69. The number of fused-ring (bicyclic) bond motifs is 1. The Labute approximate surface area is 149 Å². The first-order valence-corrected chi connectivity index (χ1v) is 8.38. The molecule has 2 rings (SSSR count). The zero-order chi connectivity index (χ0) is 18.4. The van der Waals surface area contributed by atoms with Gasteiger partial charge in [-0.15, -0.1) is 11.3 Å². The van der Waals surface area contributed by atoms with Gasteiger partial charge >= 0.3 is 12.2 Å². The monoisotopic (exact) mass is 364 g/mol. The highest BCUT2D eigenvalue weighted by molar-refractivity contribution is 7.18. The molecule has 0 aliphatic carbocycles. The van der Waals surface area contributed by atoms with Gasteiger partial charge in [0.05, 0.1) is 10.2 Å². The summed E-state index contributed by atoms with van der Waals surface area (Å²) in [6.07, 6.45) is 0.153. The number of carbonyl (C=O) groups is 2. The number of nitrogens with one attached hydrogen (secondary N) is 1. The molecule has 0 fully saturated rings. The maximum Gasteiger partial charge on any atom is 0.509 e. The number of nitrogens with zero attached hydrogens (tertiary/aromatic N) is 1. The molecule has 0 bridgehead atoms. The van der Waals surface area contributed by atoms with Crippen molar-refractivity contribution in [3.63, 3.8) is 0 Å². The molecule has 134 valence electrons. The summed E-state index contributed by atoms with van der Waals surface area (Å²) < 4.78 is 15.8. The summed E-state index contributed by atoms with van der Waals surface area (Å²) in [5.41, 5.74) is 0.695. The Morgan fingerprint density at radius 3 is 2.76 bits per heavy atom. The van der Waals surface area contributed by atoms with Crippen LogP contribution in [0.25, 0.3) is 10.2 Å². The van der Waals surface area contributed by atoms with Gasteiger partial charge in [-0.05, 0) is 39.0 Å². The fraction of sp³-hybridized carbons (Fsp3) is 0.353. The number of benzene rings is 1. The topological polar surface area (TPSA) is 86.8 Å². The molecule has 1 heterocycles. The molecule has 0 atom stereocenters. The van der Waals surface area contributed by atoms with Crippen molar-refractivity contribution in [3.05, 3.63) is 35.9 Å². The van der Waals surface area contributed by atoms with E-state index in [0.717, 1.165) is 4.70 Å². The minimum atomic E-state index is -0.772. The molecule has 2 aromatic rings. The van der Waals surface area contributed by atoms with Gasteiger partial charge in [0, 0.05) is 5.69 Å². The summed E-state index contributed by atoms with van der Waals surface area (Å²) in [7, 11) is 0. The van der Waals surface area contributed by atoms with Crippen molar-refractivity contribution >= 4 is 39.5 Å². The minimum Gasteiger partial charge on any atom is -0.444 e. The molecule has 8 heteroatoms. The van der Waals surface area contributed by atoms with Gasteiger partial charge in [-0.25, -0.2) is 14.6 Å². The Bertz CT molecular complexity index is 779. The molecule has 1 aromatic carbocycles. The van der Waals surface area contributed by atoms with Crippen LogP contribution in [0.15, 0.2) is 30.9 Å². The predicted octanol–water partition coefficient (Wildman–Crippen LogP) is 4.48. The average Bonchev–Trinajstić information content (AvgIpc) is 2.91. The number of anilines is 1. The molecule has 0 spiro atoms. The van der Waals surface area contributed by atoms with E-state index in [0.29, 0.717) is 16.2 Å². The highest BCUT2D eigenvalue weighted by atomic mass is 32.1. The van der Waals surface area contributed by atoms with Crippen molar-refractivity contribution in [3.8, 4) is 0 Å². The Morgan fingerprint density at radius 1 is 1.32 bits per heavy atom.